The average Bonchev–Trinajstić information content (AvgIpc) is 3.35. The minimum atomic E-state index is -0.554. The second kappa shape index (κ2) is 7.17. The van der Waals surface area contributed by atoms with E-state index in [1.807, 2.05) is 17.5 Å². The Morgan fingerprint density at radius 3 is 3.00 bits per heavy atom. The predicted molar refractivity (Wildman–Crippen MR) is 98.8 cm³/mol. The molecule has 0 bridgehead atoms. The van der Waals surface area contributed by atoms with Crippen molar-refractivity contribution in [2.24, 2.45) is 0 Å². The number of carbonyl (C=O) groups excluding carboxylic acids is 2. The molecule has 4 rings (SSSR count). The highest BCUT2D eigenvalue weighted by atomic mass is 32.1. The van der Waals surface area contributed by atoms with Gasteiger partial charge in [-0.15, -0.1) is 11.3 Å². The molecule has 1 fully saturated rings. The molecule has 0 saturated carbocycles. The van der Waals surface area contributed by atoms with Crippen LogP contribution in [0, 0.1) is 5.82 Å². The molecule has 2 N–H and O–H groups in total. The summed E-state index contributed by atoms with van der Waals surface area (Å²) in [5, 5.41) is 7.76. The highest BCUT2D eigenvalue weighted by Crippen LogP contribution is 2.27. The van der Waals surface area contributed by atoms with Gasteiger partial charge in [0, 0.05) is 13.1 Å². The number of carbonyl (C=O) groups is 2. The zero-order chi connectivity index (χ0) is 18.1. The molecule has 7 heteroatoms. The van der Waals surface area contributed by atoms with E-state index in [1.54, 1.807) is 17.0 Å². The van der Waals surface area contributed by atoms with Crippen molar-refractivity contribution in [1.29, 1.82) is 0 Å². The second-order valence-corrected chi connectivity index (χ2v) is 7.56. The third-order valence-electron chi connectivity index (χ3n) is 5.01. The maximum atomic E-state index is 14.8. The average molecular weight is 373 g/mol. The molecule has 2 aliphatic rings. The number of rotatable bonds is 3. The van der Waals surface area contributed by atoms with Crippen LogP contribution in [0.2, 0.25) is 0 Å². The SMILES string of the molecule is O=C(Nc1ccc2c(c1F)CCNC2)C1CCCN1C(=O)c1cccs1. The fourth-order valence-corrected chi connectivity index (χ4v) is 4.35. The van der Waals surface area contributed by atoms with Crippen molar-refractivity contribution in [1.82, 2.24) is 10.2 Å². The first-order valence-electron chi connectivity index (χ1n) is 8.81. The molecule has 0 aliphatic carbocycles. The van der Waals surface area contributed by atoms with Gasteiger partial charge in [0.15, 0.2) is 0 Å². The van der Waals surface area contributed by atoms with Gasteiger partial charge in [0.05, 0.1) is 10.6 Å². The van der Waals surface area contributed by atoms with Crippen LogP contribution in [-0.4, -0.2) is 35.8 Å². The summed E-state index contributed by atoms with van der Waals surface area (Å²) < 4.78 is 14.8. The number of hydrogen-bond acceptors (Lipinski definition) is 4. The number of benzene rings is 1. The zero-order valence-corrected chi connectivity index (χ0v) is 15.1. The lowest BCUT2D eigenvalue weighted by molar-refractivity contribution is -0.119. The van der Waals surface area contributed by atoms with E-state index in [2.05, 4.69) is 10.6 Å². The molecule has 5 nitrogen and oxygen atoms in total. The molecule has 2 amide bonds. The number of halogens is 1. The van der Waals surface area contributed by atoms with Crippen molar-refractivity contribution in [2.45, 2.75) is 31.8 Å². The van der Waals surface area contributed by atoms with Crippen LogP contribution in [0.4, 0.5) is 10.1 Å². The van der Waals surface area contributed by atoms with E-state index >= 15 is 0 Å². The standard InChI is InChI=1S/C19H20FN3O2S/c20-17-13-7-8-21-11-12(13)5-6-14(17)22-18(24)15-3-1-9-23(15)19(25)16-4-2-10-26-16/h2,4-6,10,15,21H,1,3,7-9,11H2,(H,22,24). The Hall–Kier alpha value is -2.25. The molecule has 1 saturated heterocycles. The lowest BCUT2D eigenvalue weighted by atomic mass is 9.99. The maximum Gasteiger partial charge on any atom is 0.264 e. The van der Waals surface area contributed by atoms with Crippen molar-refractivity contribution >= 4 is 28.8 Å². The van der Waals surface area contributed by atoms with Gasteiger partial charge in [0.2, 0.25) is 5.91 Å². The number of nitrogens with zero attached hydrogens (tertiary/aromatic N) is 1. The van der Waals surface area contributed by atoms with Gasteiger partial charge in [0.25, 0.3) is 5.91 Å². The molecule has 2 aliphatic heterocycles. The van der Waals surface area contributed by atoms with E-state index in [9.17, 15) is 14.0 Å². The van der Waals surface area contributed by atoms with Crippen molar-refractivity contribution in [3.63, 3.8) is 0 Å². The number of anilines is 1. The van der Waals surface area contributed by atoms with Crippen LogP contribution in [0.1, 0.15) is 33.6 Å². The Labute approximate surface area is 155 Å². The first kappa shape index (κ1) is 17.2. The van der Waals surface area contributed by atoms with Crippen LogP contribution in [0.15, 0.2) is 29.6 Å². The Morgan fingerprint density at radius 2 is 2.19 bits per heavy atom. The molecule has 26 heavy (non-hydrogen) atoms. The van der Waals surface area contributed by atoms with Crippen molar-refractivity contribution in [3.05, 3.63) is 51.5 Å². The van der Waals surface area contributed by atoms with Crippen LogP contribution in [0.5, 0.6) is 0 Å². The van der Waals surface area contributed by atoms with Crippen LogP contribution < -0.4 is 10.6 Å². The van der Waals surface area contributed by atoms with Crippen molar-refractivity contribution in [3.8, 4) is 0 Å². The fourth-order valence-electron chi connectivity index (χ4n) is 3.67. The Morgan fingerprint density at radius 1 is 1.31 bits per heavy atom. The predicted octanol–water partition coefficient (Wildman–Crippen LogP) is 2.78. The number of hydrogen-bond donors (Lipinski definition) is 2. The summed E-state index contributed by atoms with van der Waals surface area (Å²) in [6.07, 6.45) is 1.98. The minimum absolute atomic E-state index is 0.130. The molecular formula is C19H20FN3O2S. The first-order valence-corrected chi connectivity index (χ1v) is 9.69. The molecule has 0 spiro atoms. The van der Waals surface area contributed by atoms with E-state index in [-0.39, 0.29) is 23.3 Å². The molecule has 2 aromatic rings. The van der Waals surface area contributed by atoms with Crippen LogP contribution in [0.3, 0.4) is 0 Å². The summed E-state index contributed by atoms with van der Waals surface area (Å²) in [6, 6.07) is 6.49. The fraction of sp³-hybridized carbons (Fsp3) is 0.368. The molecule has 3 heterocycles. The maximum absolute atomic E-state index is 14.8. The van der Waals surface area contributed by atoms with E-state index < -0.39 is 6.04 Å². The molecule has 136 valence electrons. The Bertz CT molecular complexity index is 838. The molecule has 0 radical (unpaired) electrons. The topological polar surface area (TPSA) is 61.4 Å². The lowest BCUT2D eigenvalue weighted by Crippen LogP contribution is -2.43. The van der Waals surface area contributed by atoms with Gasteiger partial charge in [-0.2, -0.15) is 0 Å². The summed E-state index contributed by atoms with van der Waals surface area (Å²) in [7, 11) is 0. The van der Waals surface area contributed by atoms with Gasteiger partial charge < -0.3 is 15.5 Å². The Balaban J connectivity index is 1.52. The largest absolute Gasteiger partial charge is 0.326 e. The van der Waals surface area contributed by atoms with E-state index in [0.717, 1.165) is 18.5 Å². The molecule has 1 aromatic carbocycles. The number of nitrogens with one attached hydrogen (secondary N) is 2. The van der Waals surface area contributed by atoms with Gasteiger partial charge in [-0.1, -0.05) is 12.1 Å². The van der Waals surface area contributed by atoms with Gasteiger partial charge in [-0.3, -0.25) is 9.59 Å². The third kappa shape index (κ3) is 3.12. The summed E-state index contributed by atoms with van der Waals surface area (Å²) >= 11 is 1.36. The Kier molecular flexibility index (Phi) is 4.74. The number of amides is 2. The zero-order valence-electron chi connectivity index (χ0n) is 14.3. The van der Waals surface area contributed by atoms with E-state index in [4.69, 9.17) is 0 Å². The molecular weight excluding hydrogens is 353 g/mol. The number of fused-ring (bicyclic) bond motifs is 1. The quantitative estimate of drug-likeness (QED) is 0.870. The van der Waals surface area contributed by atoms with Crippen LogP contribution >= 0.6 is 11.3 Å². The van der Waals surface area contributed by atoms with Gasteiger partial charge in [0.1, 0.15) is 11.9 Å². The lowest BCUT2D eigenvalue weighted by Gasteiger charge is -2.24. The monoisotopic (exact) mass is 373 g/mol. The summed E-state index contributed by atoms with van der Waals surface area (Å²) in [4.78, 5) is 27.6. The molecule has 1 aromatic heterocycles. The van der Waals surface area contributed by atoms with Gasteiger partial charge in [-0.05, 0) is 54.4 Å². The highest BCUT2D eigenvalue weighted by molar-refractivity contribution is 7.12. The highest BCUT2D eigenvalue weighted by Gasteiger charge is 2.35. The van der Waals surface area contributed by atoms with Crippen LogP contribution in [0.25, 0.3) is 0 Å². The summed E-state index contributed by atoms with van der Waals surface area (Å²) in [5.74, 6) is -0.804. The van der Waals surface area contributed by atoms with Crippen LogP contribution in [-0.2, 0) is 17.8 Å². The number of thiophene rings is 1. The molecule has 1 unspecified atom stereocenters. The van der Waals surface area contributed by atoms with E-state index in [1.165, 1.54) is 11.3 Å². The number of likely N-dealkylation sites (tertiary alicyclic amines) is 1. The first-order chi connectivity index (χ1) is 12.6. The summed E-state index contributed by atoms with van der Waals surface area (Å²) in [6.45, 7) is 1.92. The van der Waals surface area contributed by atoms with E-state index in [0.29, 0.717) is 36.4 Å². The smallest absolute Gasteiger partial charge is 0.264 e. The van der Waals surface area contributed by atoms with Gasteiger partial charge >= 0.3 is 0 Å². The third-order valence-corrected chi connectivity index (χ3v) is 5.87. The van der Waals surface area contributed by atoms with Crippen molar-refractivity contribution < 1.29 is 14.0 Å². The van der Waals surface area contributed by atoms with Gasteiger partial charge in [-0.25, -0.2) is 4.39 Å². The molecule has 1 atom stereocenters. The second-order valence-electron chi connectivity index (χ2n) is 6.61. The summed E-state index contributed by atoms with van der Waals surface area (Å²) in [5.41, 5.74) is 1.80. The minimum Gasteiger partial charge on any atom is -0.326 e. The normalized spacial score (nSPS) is 19.3. The van der Waals surface area contributed by atoms with Crippen molar-refractivity contribution in [2.75, 3.05) is 18.4 Å².